The fraction of sp³-hybridized carbons (Fsp3) is 0.500. The van der Waals surface area contributed by atoms with E-state index in [0.717, 1.165) is 5.56 Å². The van der Waals surface area contributed by atoms with E-state index in [-0.39, 0.29) is 6.04 Å². The van der Waals surface area contributed by atoms with Gasteiger partial charge in [-0.05, 0) is 17.9 Å². The first-order valence-electron chi connectivity index (χ1n) is 6.10. The second-order valence-corrected chi connectivity index (χ2v) is 4.60. The molecule has 0 aliphatic carbocycles. The molecule has 0 radical (unpaired) electrons. The molecule has 2 atom stereocenters. The van der Waals surface area contributed by atoms with Crippen molar-refractivity contribution in [2.45, 2.75) is 39.3 Å². The second-order valence-electron chi connectivity index (χ2n) is 4.60. The molecule has 2 N–H and O–H groups in total. The number of carbonyl (C=O) groups is 1. The Labute approximate surface area is 103 Å². The SMILES string of the molecule is CCC(NC(c1ccccc1)C(C)C)C(=O)O. The summed E-state index contributed by atoms with van der Waals surface area (Å²) in [5.74, 6) is -0.431. The molecule has 0 saturated heterocycles. The van der Waals surface area contributed by atoms with Crippen LogP contribution < -0.4 is 5.32 Å². The molecule has 0 bridgehead atoms. The van der Waals surface area contributed by atoms with Crippen molar-refractivity contribution >= 4 is 5.97 Å². The highest BCUT2D eigenvalue weighted by molar-refractivity contribution is 5.73. The number of carboxylic acid groups (broad SMARTS) is 1. The summed E-state index contributed by atoms with van der Waals surface area (Å²) < 4.78 is 0. The van der Waals surface area contributed by atoms with E-state index in [2.05, 4.69) is 19.2 Å². The third-order valence-corrected chi connectivity index (χ3v) is 2.91. The van der Waals surface area contributed by atoms with E-state index in [1.54, 1.807) is 0 Å². The monoisotopic (exact) mass is 235 g/mol. The first-order chi connectivity index (χ1) is 8.06. The summed E-state index contributed by atoms with van der Waals surface area (Å²) in [5.41, 5.74) is 1.14. The lowest BCUT2D eigenvalue weighted by atomic mass is 9.95. The quantitative estimate of drug-likeness (QED) is 0.797. The summed E-state index contributed by atoms with van der Waals surface area (Å²) in [7, 11) is 0. The summed E-state index contributed by atoms with van der Waals surface area (Å²) in [6.07, 6.45) is 0.589. The zero-order chi connectivity index (χ0) is 12.8. The predicted octanol–water partition coefficient (Wildman–Crippen LogP) is 2.84. The number of benzene rings is 1. The van der Waals surface area contributed by atoms with Crippen LogP contribution in [0, 0.1) is 5.92 Å². The number of nitrogens with one attached hydrogen (secondary N) is 1. The van der Waals surface area contributed by atoms with Gasteiger partial charge in [-0.15, -0.1) is 0 Å². The van der Waals surface area contributed by atoms with E-state index in [4.69, 9.17) is 5.11 Å². The predicted molar refractivity (Wildman–Crippen MR) is 68.9 cm³/mol. The molecule has 0 aliphatic rings. The van der Waals surface area contributed by atoms with Gasteiger partial charge in [0, 0.05) is 6.04 Å². The van der Waals surface area contributed by atoms with Crippen molar-refractivity contribution in [3.63, 3.8) is 0 Å². The lowest BCUT2D eigenvalue weighted by Gasteiger charge is -2.26. The molecule has 0 aliphatic heterocycles. The smallest absolute Gasteiger partial charge is 0.320 e. The molecule has 1 rings (SSSR count). The van der Waals surface area contributed by atoms with E-state index in [9.17, 15) is 4.79 Å². The molecule has 3 heteroatoms. The summed E-state index contributed by atoms with van der Waals surface area (Å²) >= 11 is 0. The topological polar surface area (TPSA) is 49.3 Å². The van der Waals surface area contributed by atoms with Crippen LogP contribution in [0.1, 0.15) is 38.8 Å². The summed E-state index contributed by atoms with van der Waals surface area (Å²) in [6, 6.07) is 9.59. The van der Waals surface area contributed by atoms with Gasteiger partial charge in [0.05, 0.1) is 0 Å². The van der Waals surface area contributed by atoms with Crippen LogP contribution in [0.3, 0.4) is 0 Å². The molecule has 1 aromatic carbocycles. The minimum atomic E-state index is -0.783. The van der Waals surface area contributed by atoms with Crippen LogP contribution in [0.2, 0.25) is 0 Å². The van der Waals surface area contributed by atoms with Crippen LogP contribution in [0.15, 0.2) is 30.3 Å². The molecule has 17 heavy (non-hydrogen) atoms. The Morgan fingerprint density at radius 3 is 2.29 bits per heavy atom. The van der Waals surface area contributed by atoms with E-state index in [1.165, 1.54) is 0 Å². The highest BCUT2D eigenvalue weighted by Crippen LogP contribution is 2.22. The van der Waals surface area contributed by atoms with Crippen molar-refractivity contribution in [3.05, 3.63) is 35.9 Å². The summed E-state index contributed by atoms with van der Waals surface area (Å²) in [6.45, 7) is 6.08. The first kappa shape index (κ1) is 13.7. The third-order valence-electron chi connectivity index (χ3n) is 2.91. The number of rotatable bonds is 6. The maximum Gasteiger partial charge on any atom is 0.320 e. The fourth-order valence-corrected chi connectivity index (χ4v) is 1.91. The molecular weight excluding hydrogens is 214 g/mol. The van der Waals surface area contributed by atoms with Gasteiger partial charge in [-0.25, -0.2) is 0 Å². The first-order valence-corrected chi connectivity index (χ1v) is 6.10. The van der Waals surface area contributed by atoms with Crippen LogP contribution in [-0.4, -0.2) is 17.1 Å². The lowest BCUT2D eigenvalue weighted by molar-refractivity contribution is -0.139. The van der Waals surface area contributed by atoms with Crippen LogP contribution >= 0.6 is 0 Å². The Bertz CT molecular complexity index is 348. The second kappa shape index (κ2) is 6.40. The van der Waals surface area contributed by atoms with E-state index in [0.29, 0.717) is 12.3 Å². The van der Waals surface area contributed by atoms with Gasteiger partial charge in [-0.2, -0.15) is 0 Å². The van der Waals surface area contributed by atoms with Gasteiger partial charge in [0.15, 0.2) is 0 Å². The number of carboxylic acids is 1. The highest BCUT2D eigenvalue weighted by atomic mass is 16.4. The largest absolute Gasteiger partial charge is 0.480 e. The molecule has 1 aromatic rings. The van der Waals surface area contributed by atoms with Crippen LogP contribution in [0.25, 0.3) is 0 Å². The van der Waals surface area contributed by atoms with Gasteiger partial charge in [0.2, 0.25) is 0 Å². The minimum absolute atomic E-state index is 0.0808. The standard InChI is InChI=1S/C14H21NO2/c1-4-12(14(16)17)15-13(10(2)3)11-8-6-5-7-9-11/h5-10,12-13,15H,4H2,1-3H3,(H,16,17). The van der Waals surface area contributed by atoms with Gasteiger partial charge in [-0.3, -0.25) is 10.1 Å². The Morgan fingerprint density at radius 2 is 1.88 bits per heavy atom. The van der Waals surface area contributed by atoms with Crippen molar-refractivity contribution in [1.82, 2.24) is 5.32 Å². The number of aliphatic carboxylic acids is 1. The average Bonchev–Trinajstić information content (AvgIpc) is 2.30. The van der Waals surface area contributed by atoms with Crippen LogP contribution in [0.5, 0.6) is 0 Å². The summed E-state index contributed by atoms with van der Waals surface area (Å²) in [4.78, 5) is 11.1. The average molecular weight is 235 g/mol. The number of hydrogen-bond donors (Lipinski definition) is 2. The Hall–Kier alpha value is -1.35. The molecule has 0 aromatic heterocycles. The molecular formula is C14H21NO2. The van der Waals surface area contributed by atoms with Gasteiger partial charge in [-0.1, -0.05) is 51.1 Å². The molecule has 3 nitrogen and oxygen atoms in total. The molecule has 2 unspecified atom stereocenters. The van der Waals surface area contributed by atoms with Gasteiger partial charge < -0.3 is 5.11 Å². The van der Waals surface area contributed by atoms with Crippen LogP contribution in [0.4, 0.5) is 0 Å². The maximum atomic E-state index is 11.1. The van der Waals surface area contributed by atoms with Crippen LogP contribution in [-0.2, 0) is 4.79 Å². The van der Waals surface area contributed by atoms with Crippen molar-refractivity contribution in [2.75, 3.05) is 0 Å². The molecule has 0 fully saturated rings. The minimum Gasteiger partial charge on any atom is -0.480 e. The third kappa shape index (κ3) is 3.86. The van der Waals surface area contributed by atoms with Gasteiger partial charge >= 0.3 is 5.97 Å². The summed E-state index contributed by atoms with van der Waals surface area (Å²) in [5, 5.41) is 12.3. The zero-order valence-electron chi connectivity index (χ0n) is 10.7. The van der Waals surface area contributed by atoms with Crippen molar-refractivity contribution in [3.8, 4) is 0 Å². The molecule has 0 heterocycles. The van der Waals surface area contributed by atoms with Gasteiger partial charge in [0.1, 0.15) is 6.04 Å². The fourth-order valence-electron chi connectivity index (χ4n) is 1.91. The molecule has 0 amide bonds. The zero-order valence-corrected chi connectivity index (χ0v) is 10.7. The Morgan fingerprint density at radius 1 is 1.29 bits per heavy atom. The van der Waals surface area contributed by atoms with E-state index < -0.39 is 12.0 Å². The lowest BCUT2D eigenvalue weighted by Crippen LogP contribution is -2.40. The maximum absolute atomic E-state index is 11.1. The van der Waals surface area contributed by atoms with Crippen molar-refractivity contribution in [1.29, 1.82) is 0 Å². The van der Waals surface area contributed by atoms with E-state index >= 15 is 0 Å². The normalized spacial score (nSPS) is 14.6. The highest BCUT2D eigenvalue weighted by Gasteiger charge is 2.22. The molecule has 0 spiro atoms. The number of hydrogen-bond acceptors (Lipinski definition) is 2. The van der Waals surface area contributed by atoms with E-state index in [1.807, 2.05) is 37.3 Å². The molecule has 0 saturated carbocycles. The van der Waals surface area contributed by atoms with Gasteiger partial charge in [0.25, 0.3) is 0 Å². The van der Waals surface area contributed by atoms with Crippen molar-refractivity contribution in [2.24, 2.45) is 5.92 Å². The Balaban J connectivity index is 2.84. The van der Waals surface area contributed by atoms with Crippen molar-refractivity contribution < 1.29 is 9.90 Å². The Kier molecular flexibility index (Phi) is 5.16. The molecule has 94 valence electrons.